The van der Waals surface area contributed by atoms with Crippen molar-refractivity contribution in [2.45, 2.75) is 26.3 Å². The van der Waals surface area contributed by atoms with Crippen LogP contribution in [-0.2, 0) is 6.54 Å². The highest BCUT2D eigenvalue weighted by Gasteiger charge is 2.22. The van der Waals surface area contributed by atoms with E-state index in [2.05, 4.69) is 41.5 Å². The highest BCUT2D eigenvalue weighted by atomic mass is 32.1. The van der Waals surface area contributed by atoms with Crippen molar-refractivity contribution < 1.29 is 5.11 Å². The van der Waals surface area contributed by atoms with Gasteiger partial charge in [0.15, 0.2) is 0 Å². The number of hydrogen-bond donors (Lipinski definition) is 1. The van der Waals surface area contributed by atoms with Crippen LogP contribution in [0, 0.1) is 12.8 Å². The Labute approximate surface area is 130 Å². The van der Waals surface area contributed by atoms with E-state index >= 15 is 0 Å². The summed E-state index contributed by atoms with van der Waals surface area (Å²) in [5.74, 6) is 0.658. The summed E-state index contributed by atoms with van der Waals surface area (Å²) in [4.78, 5) is 7.22. The summed E-state index contributed by atoms with van der Waals surface area (Å²) in [6.45, 7) is 5.57. The zero-order valence-electron chi connectivity index (χ0n) is 12.5. The quantitative estimate of drug-likeness (QED) is 0.920. The molecule has 0 spiro atoms. The predicted octanol–water partition coefficient (Wildman–Crippen LogP) is 3.32. The van der Waals surface area contributed by atoms with E-state index in [9.17, 15) is 0 Å². The number of likely N-dealkylation sites (tertiary alicyclic amines) is 1. The van der Waals surface area contributed by atoms with Crippen molar-refractivity contribution in [2.24, 2.45) is 5.92 Å². The number of rotatable bonds is 5. The standard InChI is InChI=1S/C17H22N2OS/c1-13-2-4-15(5-3-13)17-18-16(12-21-17)11-19-8-6-14(10-19)7-9-20/h2-5,12,14,20H,6-11H2,1H3. The Morgan fingerprint density at radius 2 is 2.14 bits per heavy atom. The summed E-state index contributed by atoms with van der Waals surface area (Å²) >= 11 is 1.73. The van der Waals surface area contributed by atoms with Crippen molar-refractivity contribution in [1.29, 1.82) is 0 Å². The summed E-state index contributed by atoms with van der Waals surface area (Å²) < 4.78 is 0. The topological polar surface area (TPSA) is 36.4 Å². The second-order valence-corrected chi connectivity index (χ2v) is 6.77. The van der Waals surface area contributed by atoms with Crippen LogP contribution < -0.4 is 0 Å². The van der Waals surface area contributed by atoms with Crippen LogP contribution in [0.1, 0.15) is 24.1 Å². The van der Waals surface area contributed by atoms with Crippen LogP contribution in [0.5, 0.6) is 0 Å². The highest BCUT2D eigenvalue weighted by molar-refractivity contribution is 7.13. The van der Waals surface area contributed by atoms with Gasteiger partial charge in [-0.3, -0.25) is 4.90 Å². The first-order chi connectivity index (χ1) is 10.2. The van der Waals surface area contributed by atoms with Crippen LogP contribution in [0.2, 0.25) is 0 Å². The van der Waals surface area contributed by atoms with Gasteiger partial charge in [0.05, 0.1) is 5.69 Å². The minimum atomic E-state index is 0.312. The molecule has 2 aromatic rings. The summed E-state index contributed by atoms with van der Waals surface area (Å²) in [6.07, 6.45) is 2.14. The first-order valence-electron chi connectivity index (χ1n) is 7.59. The molecule has 1 aliphatic rings. The molecule has 1 aliphatic heterocycles. The lowest BCUT2D eigenvalue weighted by Gasteiger charge is -2.13. The van der Waals surface area contributed by atoms with Crippen LogP contribution in [-0.4, -0.2) is 34.7 Å². The van der Waals surface area contributed by atoms with Gasteiger partial charge in [-0.05, 0) is 32.2 Å². The number of aliphatic hydroxyl groups excluding tert-OH is 1. The van der Waals surface area contributed by atoms with Gasteiger partial charge in [0.2, 0.25) is 0 Å². The molecule has 1 aromatic carbocycles. The molecule has 21 heavy (non-hydrogen) atoms. The molecule has 3 nitrogen and oxygen atoms in total. The van der Waals surface area contributed by atoms with Crippen molar-refractivity contribution in [2.75, 3.05) is 19.7 Å². The fourth-order valence-corrected chi connectivity index (χ4v) is 3.73. The molecular weight excluding hydrogens is 280 g/mol. The third-order valence-corrected chi connectivity index (χ3v) is 5.08. The molecule has 1 N–H and O–H groups in total. The Hall–Kier alpha value is -1.23. The number of thiazole rings is 1. The number of aromatic nitrogens is 1. The maximum Gasteiger partial charge on any atom is 0.123 e. The SMILES string of the molecule is Cc1ccc(-c2nc(CN3CCC(CCO)C3)cs2)cc1. The molecule has 0 aliphatic carbocycles. The predicted molar refractivity (Wildman–Crippen MR) is 87.4 cm³/mol. The second-order valence-electron chi connectivity index (χ2n) is 5.91. The lowest BCUT2D eigenvalue weighted by atomic mass is 10.1. The molecule has 1 saturated heterocycles. The smallest absolute Gasteiger partial charge is 0.123 e. The van der Waals surface area contributed by atoms with Crippen molar-refractivity contribution in [3.05, 3.63) is 40.9 Å². The number of nitrogens with zero attached hydrogens (tertiary/aromatic N) is 2. The van der Waals surface area contributed by atoms with Crippen molar-refractivity contribution in [3.63, 3.8) is 0 Å². The molecule has 112 valence electrons. The van der Waals surface area contributed by atoms with Gasteiger partial charge in [-0.15, -0.1) is 11.3 Å². The Kier molecular flexibility index (Phi) is 4.68. The summed E-state index contributed by atoms with van der Waals surface area (Å²) in [5.41, 5.74) is 3.65. The van der Waals surface area contributed by atoms with Crippen LogP contribution in [0.25, 0.3) is 10.6 Å². The Bertz CT molecular complexity index is 579. The van der Waals surface area contributed by atoms with Gasteiger partial charge in [0, 0.05) is 30.6 Å². The van der Waals surface area contributed by atoms with Crippen LogP contribution in [0.15, 0.2) is 29.6 Å². The van der Waals surface area contributed by atoms with E-state index in [4.69, 9.17) is 10.1 Å². The molecule has 1 aromatic heterocycles. The Morgan fingerprint density at radius 3 is 2.90 bits per heavy atom. The zero-order valence-corrected chi connectivity index (χ0v) is 13.3. The summed E-state index contributed by atoms with van der Waals surface area (Å²) in [7, 11) is 0. The fraction of sp³-hybridized carbons (Fsp3) is 0.471. The van der Waals surface area contributed by atoms with E-state index in [0.717, 1.165) is 31.1 Å². The average molecular weight is 302 g/mol. The minimum Gasteiger partial charge on any atom is -0.396 e. The fourth-order valence-electron chi connectivity index (χ4n) is 2.91. The Morgan fingerprint density at radius 1 is 1.33 bits per heavy atom. The molecule has 3 rings (SSSR count). The zero-order chi connectivity index (χ0) is 14.7. The molecule has 4 heteroatoms. The van der Waals surface area contributed by atoms with Gasteiger partial charge in [0.25, 0.3) is 0 Å². The minimum absolute atomic E-state index is 0.312. The Balaban J connectivity index is 1.62. The van der Waals surface area contributed by atoms with E-state index in [1.165, 1.54) is 23.2 Å². The number of benzene rings is 1. The number of hydrogen-bond acceptors (Lipinski definition) is 4. The average Bonchev–Trinajstić information content (AvgIpc) is 3.11. The maximum atomic E-state index is 9.02. The molecule has 0 radical (unpaired) electrons. The normalized spacial score (nSPS) is 19.2. The molecule has 1 atom stereocenters. The lowest BCUT2D eigenvalue weighted by Crippen LogP contribution is -2.20. The molecular formula is C17H22N2OS. The maximum absolute atomic E-state index is 9.02. The van der Waals surface area contributed by atoms with Crippen LogP contribution in [0.3, 0.4) is 0 Å². The molecule has 2 heterocycles. The van der Waals surface area contributed by atoms with E-state index in [1.54, 1.807) is 11.3 Å². The largest absolute Gasteiger partial charge is 0.396 e. The van der Waals surface area contributed by atoms with Gasteiger partial charge in [-0.1, -0.05) is 29.8 Å². The third kappa shape index (κ3) is 3.70. The first kappa shape index (κ1) is 14.7. The van der Waals surface area contributed by atoms with Gasteiger partial charge in [-0.2, -0.15) is 0 Å². The monoisotopic (exact) mass is 302 g/mol. The van der Waals surface area contributed by atoms with E-state index < -0.39 is 0 Å². The van der Waals surface area contributed by atoms with Crippen LogP contribution >= 0.6 is 11.3 Å². The van der Waals surface area contributed by atoms with Crippen molar-refractivity contribution in [3.8, 4) is 10.6 Å². The molecule has 0 bridgehead atoms. The number of aliphatic hydroxyl groups is 1. The molecule has 1 fully saturated rings. The molecule has 0 amide bonds. The van der Waals surface area contributed by atoms with Gasteiger partial charge >= 0.3 is 0 Å². The molecule has 1 unspecified atom stereocenters. The van der Waals surface area contributed by atoms with Crippen molar-refractivity contribution >= 4 is 11.3 Å². The summed E-state index contributed by atoms with van der Waals surface area (Å²) in [5, 5.41) is 12.3. The lowest BCUT2D eigenvalue weighted by molar-refractivity contribution is 0.249. The van der Waals surface area contributed by atoms with E-state index in [0.29, 0.717) is 12.5 Å². The second kappa shape index (κ2) is 6.69. The highest BCUT2D eigenvalue weighted by Crippen LogP contribution is 2.26. The van der Waals surface area contributed by atoms with Crippen molar-refractivity contribution in [1.82, 2.24) is 9.88 Å². The first-order valence-corrected chi connectivity index (χ1v) is 8.47. The molecule has 0 saturated carbocycles. The van der Waals surface area contributed by atoms with Gasteiger partial charge in [-0.25, -0.2) is 4.98 Å². The van der Waals surface area contributed by atoms with E-state index in [1.807, 2.05) is 0 Å². The third-order valence-electron chi connectivity index (χ3n) is 4.14. The summed E-state index contributed by atoms with van der Waals surface area (Å²) in [6, 6.07) is 8.56. The van der Waals surface area contributed by atoms with E-state index in [-0.39, 0.29) is 0 Å². The number of aryl methyl sites for hydroxylation is 1. The van der Waals surface area contributed by atoms with Gasteiger partial charge < -0.3 is 5.11 Å². The van der Waals surface area contributed by atoms with Gasteiger partial charge in [0.1, 0.15) is 5.01 Å². The van der Waals surface area contributed by atoms with Crippen LogP contribution in [0.4, 0.5) is 0 Å².